The van der Waals surface area contributed by atoms with Crippen molar-refractivity contribution in [3.05, 3.63) is 65.5 Å². The van der Waals surface area contributed by atoms with Gasteiger partial charge in [-0.05, 0) is 43.5 Å². The van der Waals surface area contributed by atoms with Crippen molar-refractivity contribution in [2.75, 3.05) is 13.7 Å². The standard InChI is InChI=1S/C22H23N3O3/c1-15-6-3-8-17(12-15)21-23-22(28-24-21)19-10-5-11-25(19)20(26)14-16-7-4-9-18(13-16)27-2/h3-4,6-9,12-13,19H,5,10-11,14H2,1-2H3/t19-/m0/s1. The Kier molecular flexibility index (Phi) is 5.10. The fourth-order valence-corrected chi connectivity index (χ4v) is 3.65. The molecule has 1 aromatic heterocycles. The Hall–Kier alpha value is -3.15. The molecule has 0 saturated carbocycles. The van der Waals surface area contributed by atoms with Crippen molar-refractivity contribution in [1.82, 2.24) is 15.0 Å². The number of hydrogen-bond acceptors (Lipinski definition) is 5. The number of aromatic nitrogens is 2. The Morgan fingerprint density at radius 1 is 1.25 bits per heavy atom. The van der Waals surface area contributed by atoms with Gasteiger partial charge in [0.2, 0.25) is 17.6 Å². The molecule has 144 valence electrons. The highest BCUT2D eigenvalue weighted by molar-refractivity contribution is 5.79. The maximum Gasteiger partial charge on any atom is 0.249 e. The SMILES string of the molecule is COc1cccc(CC(=O)N2CCC[C@H]2c2nc(-c3cccc(C)c3)no2)c1. The van der Waals surface area contributed by atoms with Crippen molar-refractivity contribution in [3.8, 4) is 17.1 Å². The Labute approximate surface area is 164 Å². The van der Waals surface area contributed by atoms with Gasteiger partial charge in [-0.15, -0.1) is 0 Å². The van der Waals surface area contributed by atoms with E-state index in [1.165, 1.54) is 0 Å². The fourth-order valence-electron chi connectivity index (χ4n) is 3.65. The molecule has 4 rings (SSSR count). The predicted octanol–water partition coefficient (Wildman–Crippen LogP) is 3.96. The van der Waals surface area contributed by atoms with Crippen LogP contribution in [0.15, 0.2) is 53.1 Å². The van der Waals surface area contributed by atoms with Gasteiger partial charge in [0.1, 0.15) is 11.8 Å². The molecule has 1 fully saturated rings. The van der Waals surface area contributed by atoms with Gasteiger partial charge >= 0.3 is 0 Å². The zero-order chi connectivity index (χ0) is 19.5. The number of amides is 1. The molecule has 0 N–H and O–H groups in total. The number of methoxy groups -OCH3 is 1. The van der Waals surface area contributed by atoms with E-state index >= 15 is 0 Å². The molecule has 3 aromatic rings. The number of nitrogens with zero attached hydrogens (tertiary/aromatic N) is 3. The van der Waals surface area contributed by atoms with Gasteiger partial charge < -0.3 is 14.2 Å². The maximum atomic E-state index is 12.9. The van der Waals surface area contributed by atoms with Crippen molar-refractivity contribution in [1.29, 1.82) is 0 Å². The van der Waals surface area contributed by atoms with Crippen LogP contribution < -0.4 is 4.74 Å². The van der Waals surface area contributed by atoms with E-state index in [-0.39, 0.29) is 11.9 Å². The molecule has 6 nitrogen and oxygen atoms in total. The molecule has 0 radical (unpaired) electrons. The molecule has 0 spiro atoms. The maximum absolute atomic E-state index is 12.9. The third-order valence-corrected chi connectivity index (χ3v) is 5.07. The molecule has 2 aromatic carbocycles. The minimum absolute atomic E-state index is 0.0612. The lowest BCUT2D eigenvalue weighted by Gasteiger charge is -2.22. The molecule has 0 unspecified atom stereocenters. The largest absolute Gasteiger partial charge is 0.497 e. The summed E-state index contributed by atoms with van der Waals surface area (Å²) in [5.41, 5.74) is 2.99. The van der Waals surface area contributed by atoms with Gasteiger partial charge in [-0.2, -0.15) is 4.98 Å². The summed E-state index contributed by atoms with van der Waals surface area (Å²) in [6, 6.07) is 15.4. The topological polar surface area (TPSA) is 68.5 Å². The van der Waals surface area contributed by atoms with Crippen molar-refractivity contribution in [2.45, 2.75) is 32.2 Å². The average Bonchev–Trinajstić information content (AvgIpc) is 3.37. The van der Waals surface area contributed by atoms with Crippen LogP contribution in [0, 0.1) is 6.92 Å². The number of hydrogen-bond donors (Lipinski definition) is 0. The van der Waals surface area contributed by atoms with Crippen LogP contribution in [0.25, 0.3) is 11.4 Å². The lowest BCUT2D eigenvalue weighted by Crippen LogP contribution is -2.32. The first-order chi connectivity index (χ1) is 13.6. The van der Waals surface area contributed by atoms with Gasteiger partial charge in [0.05, 0.1) is 13.5 Å². The summed E-state index contributed by atoms with van der Waals surface area (Å²) in [7, 11) is 1.62. The van der Waals surface area contributed by atoms with E-state index in [2.05, 4.69) is 10.1 Å². The van der Waals surface area contributed by atoms with Gasteiger partial charge in [0, 0.05) is 12.1 Å². The second-order valence-corrected chi connectivity index (χ2v) is 7.10. The lowest BCUT2D eigenvalue weighted by molar-refractivity contribution is -0.131. The smallest absolute Gasteiger partial charge is 0.249 e. The predicted molar refractivity (Wildman–Crippen MR) is 105 cm³/mol. The molecular weight excluding hydrogens is 354 g/mol. The van der Waals surface area contributed by atoms with Gasteiger partial charge in [-0.3, -0.25) is 4.79 Å². The van der Waals surface area contributed by atoms with Gasteiger partial charge in [0.15, 0.2) is 0 Å². The third-order valence-electron chi connectivity index (χ3n) is 5.07. The third kappa shape index (κ3) is 3.76. The highest BCUT2D eigenvalue weighted by Gasteiger charge is 2.34. The van der Waals surface area contributed by atoms with Crippen LogP contribution in [-0.2, 0) is 11.2 Å². The van der Waals surface area contributed by atoms with Crippen molar-refractivity contribution >= 4 is 5.91 Å². The van der Waals surface area contributed by atoms with E-state index in [1.807, 2.05) is 60.4 Å². The molecular formula is C22H23N3O3. The summed E-state index contributed by atoms with van der Waals surface area (Å²) < 4.78 is 10.8. The second kappa shape index (κ2) is 7.84. The minimum Gasteiger partial charge on any atom is -0.497 e. The van der Waals surface area contributed by atoms with Crippen molar-refractivity contribution in [3.63, 3.8) is 0 Å². The molecule has 1 atom stereocenters. The Morgan fingerprint density at radius 2 is 2.11 bits per heavy atom. The number of carbonyl (C=O) groups is 1. The normalized spacial score (nSPS) is 16.4. The van der Waals surface area contributed by atoms with Gasteiger partial charge in [0.25, 0.3) is 0 Å². The van der Waals surface area contributed by atoms with Crippen LogP contribution in [0.3, 0.4) is 0 Å². The minimum atomic E-state index is -0.163. The Balaban J connectivity index is 1.51. The van der Waals surface area contributed by atoms with E-state index in [1.54, 1.807) is 7.11 Å². The number of likely N-dealkylation sites (tertiary alicyclic amines) is 1. The first-order valence-corrected chi connectivity index (χ1v) is 9.47. The van der Waals surface area contributed by atoms with Crippen LogP contribution in [0.4, 0.5) is 0 Å². The van der Waals surface area contributed by atoms with E-state index in [0.717, 1.165) is 35.3 Å². The van der Waals surface area contributed by atoms with Crippen LogP contribution in [0.1, 0.15) is 35.9 Å². The summed E-state index contributed by atoms with van der Waals surface area (Å²) in [4.78, 5) is 19.3. The number of ether oxygens (including phenoxy) is 1. The summed E-state index contributed by atoms with van der Waals surface area (Å²) in [5, 5.41) is 4.13. The van der Waals surface area contributed by atoms with E-state index in [9.17, 15) is 4.79 Å². The monoisotopic (exact) mass is 377 g/mol. The highest BCUT2D eigenvalue weighted by Crippen LogP contribution is 2.32. The summed E-state index contributed by atoms with van der Waals surface area (Å²) in [5.74, 6) is 1.88. The lowest BCUT2D eigenvalue weighted by atomic mass is 10.1. The molecule has 1 amide bonds. The zero-order valence-corrected chi connectivity index (χ0v) is 16.1. The second-order valence-electron chi connectivity index (χ2n) is 7.10. The molecule has 1 saturated heterocycles. The average molecular weight is 377 g/mol. The van der Waals surface area contributed by atoms with Crippen molar-refractivity contribution in [2.24, 2.45) is 0 Å². The fraction of sp³-hybridized carbons (Fsp3) is 0.318. The van der Waals surface area contributed by atoms with E-state index in [4.69, 9.17) is 9.26 Å². The zero-order valence-electron chi connectivity index (χ0n) is 16.1. The highest BCUT2D eigenvalue weighted by atomic mass is 16.5. The first kappa shape index (κ1) is 18.2. The molecule has 1 aliphatic heterocycles. The Morgan fingerprint density at radius 3 is 2.93 bits per heavy atom. The van der Waals surface area contributed by atoms with Crippen LogP contribution in [0.5, 0.6) is 5.75 Å². The number of carbonyl (C=O) groups excluding carboxylic acids is 1. The number of aryl methyl sites for hydroxylation is 1. The summed E-state index contributed by atoms with van der Waals surface area (Å²) in [6.07, 6.45) is 2.09. The number of benzene rings is 2. The summed E-state index contributed by atoms with van der Waals surface area (Å²) >= 11 is 0. The molecule has 1 aliphatic rings. The van der Waals surface area contributed by atoms with Crippen LogP contribution in [0.2, 0.25) is 0 Å². The van der Waals surface area contributed by atoms with Gasteiger partial charge in [-0.25, -0.2) is 0 Å². The van der Waals surface area contributed by atoms with Crippen LogP contribution >= 0.6 is 0 Å². The van der Waals surface area contributed by atoms with Gasteiger partial charge in [-0.1, -0.05) is 41.1 Å². The molecule has 2 heterocycles. The first-order valence-electron chi connectivity index (χ1n) is 9.47. The molecule has 0 aliphatic carbocycles. The van der Waals surface area contributed by atoms with Crippen LogP contribution in [-0.4, -0.2) is 34.6 Å². The molecule has 6 heteroatoms. The summed E-state index contributed by atoms with van der Waals surface area (Å²) in [6.45, 7) is 2.73. The van der Waals surface area contributed by atoms with E-state index in [0.29, 0.717) is 24.7 Å². The van der Waals surface area contributed by atoms with E-state index < -0.39 is 0 Å². The quantitative estimate of drug-likeness (QED) is 0.673. The molecule has 28 heavy (non-hydrogen) atoms. The molecule has 0 bridgehead atoms. The van der Waals surface area contributed by atoms with Crippen molar-refractivity contribution < 1.29 is 14.1 Å². The number of rotatable bonds is 5. The Bertz CT molecular complexity index is 982.